The number of ether oxygens (including phenoxy) is 1. The minimum absolute atomic E-state index is 0.0644. The van der Waals surface area contributed by atoms with Crippen LogP contribution in [0.25, 0.3) is 0 Å². The molecule has 2 amide bonds. The normalized spacial score (nSPS) is 14.3. The zero-order chi connectivity index (χ0) is 21.5. The van der Waals surface area contributed by atoms with Crippen LogP contribution in [0.2, 0.25) is 0 Å². The highest BCUT2D eigenvalue weighted by Crippen LogP contribution is 2.29. The maximum atomic E-state index is 12.7. The van der Waals surface area contributed by atoms with Crippen molar-refractivity contribution in [1.82, 2.24) is 4.90 Å². The van der Waals surface area contributed by atoms with Crippen LogP contribution in [0.1, 0.15) is 61.4 Å². The molecule has 0 aromatic heterocycles. The van der Waals surface area contributed by atoms with Gasteiger partial charge in [0.25, 0.3) is 11.8 Å². The Bertz CT molecular complexity index is 873. The molecule has 1 N–H and O–H groups in total. The van der Waals surface area contributed by atoms with Crippen LogP contribution in [0.15, 0.2) is 46.9 Å². The fourth-order valence-electron chi connectivity index (χ4n) is 3.59. The average molecular weight is 473 g/mol. The van der Waals surface area contributed by atoms with Crippen LogP contribution in [0.3, 0.4) is 0 Å². The van der Waals surface area contributed by atoms with Crippen molar-refractivity contribution in [3.63, 3.8) is 0 Å². The van der Waals surface area contributed by atoms with E-state index in [0.717, 1.165) is 36.0 Å². The van der Waals surface area contributed by atoms with Gasteiger partial charge in [0.2, 0.25) is 0 Å². The smallest absolute Gasteiger partial charge is 0.262 e. The number of benzene rings is 2. The number of carbonyl (C=O) groups is 2. The number of hydrogen-bond donors (Lipinski definition) is 1. The third kappa shape index (κ3) is 6.08. The van der Waals surface area contributed by atoms with Gasteiger partial charge in [0.05, 0.1) is 0 Å². The molecular formula is C24H29BrN2O3. The third-order valence-corrected chi connectivity index (χ3v) is 5.75. The number of halogens is 1. The van der Waals surface area contributed by atoms with Gasteiger partial charge in [-0.15, -0.1) is 0 Å². The third-order valence-electron chi connectivity index (χ3n) is 5.26. The largest absolute Gasteiger partial charge is 0.483 e. The van der Waals surface area contributed by atoms with Gasteiger partial charge in [-0.25, -0.2) is 0 Å². The maximum Gasteiger partial charge on any atom is 0.262 e. The van der Waals surface area contributed by atoms with Crippen molar-refractivity contribution in [3.8, 4) is 5.75 Å². The predicted molar refractivity (Wildman–Crippen MR) is 123 cm³/mol. The summed E-state index contributed by atoms with van der Waals surface area (Å²) < 4.78 is 6.73. The molecule has 1 aliphatic rings. The van der Waals surface area contributed by atoms with Gasteiger partial charge < -0.3 is 15.0 Å². The summed E-state index contributed by atoms with van der Waals surface area (Å²) in [6.45, 7) is 5.74. The zero-order valence-electron chi connectivity index (χ0n) is 17.6. The Morgan fingerprint density at radius 1 is 1.03 bits per heavy atom. The van der Waals surface area contributed by atoms with E-state index in [1.165, 1.54) is 12.8 Å². The Kier molecular flexibility index (Phi) is 7.91. The molecule has 0 radical (unpaired) electrons. The van der Waals surface area contributed by atoms with Gasteiger partial charge in [-0.05, 0) is 66.8 Å². The lowest BCUT2D eigenvalue weighted by molar-refractivity contribution is -0.118. The molecule has 1 aliphatic heterocycles. The van der Waals surface area contributed by atoms with E-state index in [9.17, 15) is 9.59 Å². The van der Waals surface area contributed by atoms with Crippen molar-refractivity contribution in [2.75, 3.05) is 25.0 Å². The van der Waals surface area contributed by atoms with Gasteiger partial charge in [-0.2, -0.15) is 0 Å². The molecule has 160 valence electrons. The van der Waals surface area contributed by atoms with E-state index < -0.39 is 0 Å². The zero-order valence-corrected chi connectivity index (χ0v) is 19.2. The first kappa shape index (κ1) is 22.3. The maximum absolute atomic E-state index is 12.7. The van der Waals surface area contributed by atoms with Crippen LogP contribution in [-0.4, -0.2) is 36.4 Å². The van der Waals surface area contributed by atoms with Crippen LogP contribution in [0.5, 0.6) is 5.75 Å². The summed E-state index contributed by atoms with van der Waals surface area (Å²) in [5, 5.41) is 2.83. The van der Waals surface area contributed by atoms with E-state index in [1.54, 1.807) is 24.3 Å². The minimum atomic E-state index is -0.237. The van der Waals surface area contributed by atoms with Crippen LogP contribution in [0, 0.1) is 0 Å². The lowest BCUT2D eigenvalue weighted by Gasteiger charge is -2.20. The van der Waals surface area contributed by atoms with Gasteiger partial charge in [-0.1, -0.05) is 42.6 Å². The van der Waals surface area contributed by atoms with E-state index in [2.05, 4.69) is 35.1 Å². The Balaban J connectivity index is 1.55. The minimum Gasteiger partial charge on any atom is -0.483 e. The fraction of sp³-hybridized carbons (Fsp3) is 0.417. The lowest BCUT2D eigenvalue weighted by atomic mass is 10.0. The molecule has 0 spiro atoms. The quantitative estimate of drug-likeness (QED) is 0.594. The number of likely N-dealkylation sites (tertiary alicyclic amines) is 1. The first-order valence-corrected chi connectivity index (χ1v) is 11.3. The van der Waals surface area contributed by atoms with E-state index in [4.69, 9.17) is 4.74 Å². The topological polar surface area (TPSA) is 58.6 Å². The lowest BCUT2D eigenvalue weighted by Crippen LogP contribution is -2.31. The molecule has 0 saturated carbocycles. The Morgan fingerprint density at radius 2 is 1.70 bits per heavy atom. The molecule has 1 fully saturated rings. The number of amides is 2. The van der Waals surface area contributed by atoms with E-state index in [-0.39, 0.29) is 24.3 Å². The molecule has 3 rings (SSSR count). The van der Waals surface area contributed by atoms with Crippen molar-refractivity contribution >= 4 is 33.4 Å². The molecule has 1 saturated heterocycles. The highest BCUT2D eigenvalue weighted by Gasteiger charge is 2.17. The standard InChI is InChI=1S/C24H29BrN2O3/c1-17(2)21-15-19(25)9-12-22(21)30-16-23(28)26-20-10-7-18(8-11-20)24(29)27-13-5-3-4-6-14-27/h7-12,15,17H,3-6,13-14,16H2,1-2H3,(H,26,28). The molecule has 1 heterocycles. The highest BCUT2D eigenvalue weighted by molar-refractivity contribution is 9.10. The molecule has 0 atom stereocenters. The second kappa shape index (κ2) is 10.6. The fourth-order valence-corrected chi connectivity index (χ4v) is 3.97. The van der Waals surface area contributed by atoms with Crippen molar-refractivity contribution < 1.29 is 14.3 Å². The van der Waals surface area contributed by atoms with Gasteiger partial charge in [-0.3, -0.25) is 9.59 Å². The van der Waals surface area contributed by atoms with Crippen molar-refractivity contribution in [2.24, 2.45) is 0 Å². The average Bonchev–Trinajstić information content (AvgIpc) is 3.02. The molecule has 0 unspecified atom stereocenters. The van der Waals surface area contributed by atoms with Gasteiger partial charge in [0.1, 0.15) is 5.75 Å². The van der Waals surface area contributed by atoms with E-state index >= 15 is 0 Å². The molecule has 2 aromatic rings. The monoisotopic (exact) mass is 472 g/mol. The number of anilines is 1. The summed E-state index contributed by atoms with van der Waals surface area (Å²) in [4.78, 5) is 26.9. The van der Waals surface area contributed by atoms with Gasteiger partial charge in [0.15, 0.2) is 6.61 Å². The van der Waals surface area contributed by atoms with Crippen LogP contribution in [-0.2, 0) is 4.79 Å². The number of nitrogens with one attached hydrogen (secondary N) is 1. The number of nitrogens with zero attached hydrogens (tertiary/aromatic N) is 1. The Labute approximate surface area is 186 Å². The first-order valence-electron chi connectivity index (χ1n) is 10.6. The molecule has 0 aliphatic carbocycles. The van der Waals surface area contributed by atoms with Crippen molar-refractivity contribution in [1.29, 1.82) is 0 Å². The Hall–Kier alpha value is -2.34. The number of carbonyl (C=O) groups excluding carboxylic acids is 2. The first-order chi connectivity index (χ1) is 14.4. The second-order valence-electron chi connectivity index (χ2n) is 7.96. The van der Waals surface area contributed by atoms with Crippen LogP contribution >= 0.6 is 15.9 Å². The number of hydrogen-bond acceptors (Lipinski definition) is 3. The summed E-state index contributed by atoms with van der Waals surface area (Å²) >= 11 is 3.47. The molecule has 30 heavy (non-hydrogen) atoms. The van der Waals surface area contributed by atoms with Gasteiger partial charge >= 0.3 is 0 Å². The summed E-state index contributed by atoms with van der Waals surface area (Å²) in [5.41, 5.74) is 2.35. The molecule has 2 aromatic carbocycles. The van der Waals surface area contributed by atoms with Crippen LogP contribution < -0.4 is 10.1 Å². The highest BCUT2D eigenvalue weighted by atomic mass is 79.9. The SMILES string of the molecule is CC(C)c1cc(Br)ccc1OCC(=O)Nc1ccc(C(=O)N2CCCCCC2)cc1. The summed E-state index contributed by atoms with van der Waals surface area (Å²) in [6.07, 6.45) is 4.51. The molecule has 0 bridgehead atoms. The van der Waals surface area contributed by atoms with Gasteiger partial charge in [0, 0.05) is 28.8 Å². The molecular weight excluding hydrogens is 444 g/mol. The van der Waals surface area contributed by atoms with E-state index in [0.29, 0.717) is 17.0 Å². The predicted octanol–water partition coefficient (Wildman–Crippen LogP) is 5.61. The van der Waals surface area contributed by atoms with Crippen molar-refractivity contribution in [3.05, 3.63) is 58.1 Å². The number of rotatable bonds is 6. The summed E-state index contributed by atoms with van der Waals surface area (Å²) in [5.74, 6) is 0.824. The van der Waals surface area contributed by atoms with Crippen LogP contribution in [0.4, 0.5) is 5.69 Å². The van der Waals surface area contributed by atoms with E-state index in [1.807, 2.05) is 23.1 Å². The second-order valence-corrected chi connectivity index (χ2v) is 8.87. The van der Waals surface area contributed by atoms with Crippen molar-refractivity contribution in [2.45, 2.75) is 45.4 Å². The Morgan fingerprint density at radius 3 is 2.33 bits per heavy atom. The molecule has 5 nitrogen and oxygen atoms in total. The summed E-state index contributed by atoms with van der Waals surface area (Å²) in [7, 11) is 0. The molecule has 6 heteroatoms. The summed E-state index contributed by atoms with van der Waals surface area (Å²) in [6, 6.07) is 12.9.